The SMILES string of the molecule is CC(=O)c1cc(NC(=O)NCCC[C@H]2C[C@H](Cc3ccc(F)cc3)CCN2C(C)=O)cc(C(C)=O)c1.CC(=O)c1cc(NC(=O)NCCC[C@H]2C[C@H](Cc3ccc(F)cc3)CCN2CC(F)(F)F)cc(C(C)=O)c1.[HH].[HH].[HH].[HH]. The molecule has 18 heteroatoms. The van der Waals surface area contributed by atoms with E-state index in [2.05, 4.69) is 21.3 Å². The van der Waals surface area contributed by atoms with E-state index in [1.165, 1.54) is 81.1 Å². The maximum absolute atomic E-state index is 13.2. The van der Waals surface area contributed by atoms with Crippen molar-refractivity contribution in [3.05, 3.63) is 130 Å². The van der Waals surface area contributed by atoms with Gasteiger partial charge in [0.25, 0.3) is 0 Å². The first kappa shape index (κ1) is 58.1. The number of urea groups is 2. The molecule has 4 aromatic carbocycles. The van der Waals surface area contributed by atoms with E-state index >= 15 is 0 Å². The molecule has 0 radical (unpaired) electrons. The third-order valence-corrected chi connectivity index (χ3v) is 13.4. The van der Waals surface area contributed by atoms with Gasteiger partial charge in [0.1, 0.15) is 11.6 Å². The summed E-state index contributed by atoms with van der Waals surface area (Å²) in [6, 6.07) is 20.7. The number of nitrogens with zero attached hydrogens (tertiary/aromatic N) is 2. The van der Waals surface area contributed by atoms with E-state index in [1.807, 2.05) is 17.0 Å². The Hall–Kier alpha value is -6.82. The van der Waals surface area contributed by atoms with Crippen molar-refractivity contribution in [2.45, 2.75) is 117 Å². The number of anilines is 2. The summed E-state index contributed by atoms with van der Waals surface area (Å²) in [5, 5.41) is 10.8. The summed E-state index contributed by atoms with van der Waals surface area (Å²) in [6.45, 7) is 7.84. The number of rotatable bonds is 19. The molecule has 406 valence electrons. The van der Waals surface area contributed by atoms with E-state index in [-0.39, 0.29) is 70.9 Å². The van der Waals surface area contributed by atoms with Crippen molar-refractivity contribution >= 4 is 52.5 Å². The number of carbonyl (C=O) groups is 7. The number of alkyl halides is 3. The molecule has 4 aromatic rings. The fraction of sp³-hybridized carbons (Fsp3) is 0.446. The van der Waals surface area contributed by atoms with Gasteiger partial charge < -0.3 is 26.2 Å². The third-order valence-electron chi connectivity index (χ3n) is 13.4. The van der Waals surface area contributed by atoms with Gasteiger partial charge in [-0.15, -0.1) is 0 Å². The Bertz CT molecular complexity index is 2570. The van der Waals surface area contributed by atoms with E-state index in [1.54, 1.807) is 31.2 Å². The summed E-state index contributed by atoms with van der Waals surface area (Å²) < 4.78 is 65.9. The molecule has 0 bridgehead atoms. The topological polar surface area (TPSA) is 174 Å². The van der Waals surface area contributed by atoms with Gasteiger partial charge in [-0.1, -0.05) is 24.3 Å². The van der Waals surface area contributed by atoms with Crippen molar-refractivity contribution in [2.75, 3.05) is 43.4 Å². The Labute approximate surface area is 435 Å². The Morgan fingerprint density at radius 2 is 0.932 bits per heavy atom. The minimum atomic E-state index is -4.30. The maximum atomic E-state index is 13.2. The quantitative estimate of drug-likeness (QED) is 0.0408. The molecule has 0 unspecified atom stereocenters. The lowest BCUT2D eigenvalue weighted by Gasteiger charge is -2.40. The molecule has 2 aliphatic heterocycles. The van der Waals surface area contributed by atoms with Crippen LogP contribution in [0.5, 0.6) is 0 Å². The first-order chi connectivity index (χ1) is 35.0. The van der Waals surface area contributed by atoms with Crippen molar-refractivity contribution in [3.63, 3.8) is 0 Å². The maximum Gasteiger partial charge on any atom is 0.401 e. The summed E-state index contributed by atoms with van der Waals surface area (Å²) >= 11 is 0. The van der Waals surface area contributed by atoms with Gasteiger partial charge in [-0.3, -0.25) is 28.9 Å². The standard InChI is InChI=1S/C28H33F4N3O3.C28H34FN3O4.4H2/c1-18(36)22-14-23(19(2)37)16-25(15-22)34-27(38)33-10-3-4-26-13-21(9-11-35(26)17-28(30,31)32)12-20-5-7-24(29)8-6-20;1-18(33)23-15-24(19(2)34)17-26(16-23)31-28(36)30-11-4-5-27-14-22(10-12-32(27)20(3)35)13-21-6-8-25(29)9-7-21;;;;/h5-8,14-16,21,26H,3-4,9-13,17H2,1-2H3,(H2,33,34,38);6-9,15-17,22,27H,4-5,10-14H2,1-3H3,(H2,30,31,36);4*1H/t21-,26-;22-,27-;;;;/m00..../s1. The highest BCUT2D eigenvalue weighted by Crippen LogP contribution is 2.32. The molecular formula is C56H75F5N6O7. The predicted molar refractivity (Wildman–Crippen MR) is 282 cm³/mol. The molecule has 4 N–H and O–H groups in total. The zero-order chi connectivity index (χ0) is 54.1. The van der Waals surface area contributed by atoms with Crippen LogP contribution in [0.4, 0.5) is 42.9 Å². The zero-order valence-electron chi connectivity index (χ0n) is 42.6. The third kappa shape index (κ3) is 19.2. The van der Waals surface area contributed by atoms with Gasteiger partial charge >= 0.3 is 18.2 Å². The Morgan fingerprint density at radius 1 is 0.554 bits per heavy atom. The van der Waals surface area contributed by atoms with E-state index in [4.69, 9.17) is 0 Å². The van der Waals surface area contributed by atoms with Crippen LogP contribution in [0.25, 0.3) is 0 Å². The molecule has 4 atom stereocenters. The van der Waals surface area contributed by atoms with Crippen molar-refractivity contribution in [3.8, 4) is 0 Å². The largest absolute Gasteiger partial charge is 0.401 e. The molecule has 2 heterocycles. The van der Waals surface area contributed by atoms with Gasteiger partial charge in [0.15, 0.2) is 23.1 Å². The van der Waals surface area contributed by atoms with Gasteiger partial charge in [0, 0.05) is 78.0 Å². The summed E-state index contributed by atoms with van der Waals surface area (Å²) in [7, 11) is 0. The fourth-order valence-electron chi connectivity index (χ4n) is 9.66. The number of amides is 5. The molecule has 74 heavy (non-hydrogen) atoms. The average molecular weight is 1040 g/mol. The summed E-state index contributed by atoms with van der Waals surface area (Å²) in [5.74, 6) is -0.789. The van der Waals surface area contributed by atoms with E-state index in [9.17, 15) is 55.5 Å². The number of ketones is 4. The number of likely N-dealkylation sites (tertiary alicyclic amines) is 2. The van der Waals surface area contributed by atoms with E-state index in [0.29, 0.717) is 97.7 Å². The second-order valence-electron chi connectivity index (χ2n) is 19.4. The molecule has 0 spiro atoms. The lowest BCUT2D eigenvalue weighted by atomic mass is 9.84. The summed E-state index contributed by atoms with van der Waals surface area (Å²) in [6.07, 6.45) is 2.64. The number of nitrogens with one attached hydrogen (secondary N) is 4. The van der Waals surface area contributed by atoms with Gasteiger partial charge in [0.2, 0.25) is 5.91 Å². The first-order valence-electron chi connectivity index (χ1n) is 25.0. The van der Waals surface area contributed by atoms with Crippen LogP contribution in [0.1, 0.15) is 144 Å². The van der Waals surface area contributed by atoms with Crippen molar-refractivity contribution in [1.82, 2.24) is 20.4 Å². The minimum absolute atomic E-state index is 0. The van der Waals surface area contributed by atoms with Gasteiger partial charge in [0.05, 0.1) is 6.54 Å². The number of benzene rings is 4. The molecule has 0 saturated carbocycles. The van der Waals surface area contributed by atoms with Crippen LogP contribution < -0.4 is 21.3 Å². The average Bonchev–Trinajstić information content (AvgIpc) is 3.33. The van der Waals surface area contributed by atoms with Gasteiger partial charge in [-0.05, 0) is 182 Å². The monoisotopic (exact) mass is 1040 g/mol. The highest BCUT2D eigenvalue weighted by atomic mass is 19.4. The zero-order valence-corrected chi connectivity index (χ0v) is 42.6. The summed E-state index contributed by atoms with van der Waals surface area (Å²) in [4.78, 5) is 87.3. The number of halogens is 5. The lowest BCUT2D eigenvalue weighted by Crippen LogP contribution is -2.47. The Kier molecular flexibility index (Phi) is 21.6. The molecule has 2 fully saturated rings. The number of hydrogen-bond donors (Lipinski definition) is 4. The van der Waals surface area contributed by atoms with Crippen LogP contribution in [0.2, 0.25) is 0 Å². The van der Waals surface area contributed by atoms with Gasteiger partial charge in [-0.2, -0.15) is 13.2 Å². The highest BCUT2D eigenvalue weighted by Gasteiger charge is 2.37. The Balaban J connectivity index is 0.000000743. The van der Waals surface area contributed by atoms with Gasteiger partial charge in [-0.25, -0.2) is 18.4 Å². The number of piperidine rings is 2. The second-order valence-corrected chi connectivity index (χ2v) is 19.4. The van der Waals surface area contributed by atoms with Crippen LogP contribution in [-0.2, 0) is 17.6 Å². The molecule has 6 rings (SSSR count). The Morgan fingerprint density at radius 3 is 1.31 bits per heavy atom. The van der Waals surface area contributed by atoms with Crippen molar-refractivity contribution in [1.29, 1.82) is 0 Å². The van der Waals surface area contributed by atoms with Crippen molar-refractivity contribution in [2.24, 2.45) is 11.8 Å². The lowest BCUT2D eigenvalue weighted by molar-refractivity contribution is -0.155. The number of carbonyl (C=O) groups excluding carboxylic acids is 7. The minimum Gasteiger partial charge on any atom is -0.340 e. The normalized spacial score (nSPS) is 17.8. The van der Waals surface area contributed by atoms with E-state index in [0.717, 1.165) is 36.8 Å². The van der Waals surface area contributed by atoms with E-state index < -0.39 is 24.8 Å². The molecule has 0 aromatic heterocycles. The molecule has 2 saturated heterocycles. The van der Waals surface area contributed by atoms with Crippen molar-refractivity contribution < 1.29 is 61.2 Å². The predicted octanol–water partition coefficient (Wildman–Crippen LogP) is 12.0. The van der Waals surface area contributed by atoms with Crippen LogP contribution in [-0.4, -0.2) is 102 Å². The number of Topliss-reactive ketones (excluding diaryl/α,β-unsaturated/α-hetero) is 4. The van der Waals surface area contributed by atoms with Crippen LogP contribution in [0, 0.1) is 23.5 Å². The summed E-state index contributed by atoms with van der Waals surface area (Å²) in [5.41, 5.74) is 4.04. The highest BCUT2D eigenvalue weighted by molar-refractivity contribution is 6.03. The number of hydrogen-bond acceptors (Lipinski definition) is 8. The molecule has 13 nitrogen and oxygen atoms in total. The molecule has 0 aliphatic carbocycles. The van der Waals surface area contributed by atoms with Crippen LogP contribution >= 0.6 is 0 Å². The fourth-order valence-corrected chi connectivity index (χ4v) is 9.66. The molecular weight excluding hydrogens is 964 g/mol. The molecule has 2 aliphatic rings. The first-order valence-corrected chi connectivity index (χ1v) is 25.0. The second kappa shape index (κ2) is 27.5. The van der Waals surface area contributed by atoms with Crippen LogP contribution in [0.15, 0.2) is 84.9 Å². The van der Waals surface area contributed by atoms with Crippen LogP contribution in [0.3, 0.4) is 0 Å². The smallest absolute Gasteiger partial charge is 0.340 e. The molecule has 5 amide bonds.